The summed E-state index contributed by atoms with van der Waals surface area (Å²) in [6.45, 7) is 4.38. The molecule has 122 valence electrons. The van der Waals surface area contributed by atoms with Crippen LogP contribution in [0, 0.1) is 0 Å². The van der Waals surface area contributed by atoms with E-state index in [4.69, 9.17) is 0 Å². The number of aryl methyl sites for hydroxylation is 2. The summed E-state index contributed by atoms with van der Waals surface area (Å²) in [7, 11) is 6.03. The summed E-state index contributed by atoms with van der Waals surface area (Å²) in [6.07, 6.45) is 5.90. The maximum atomic E-state index is 4.68. The fourth-order valence-electron chi connectivity index (χ4n) is 2.17. The first-order chi connectivity index (χ1) is 10.1. The molecule has 2 aromatic heterocycles. The van der Waals surface area contributed by atoms with Gasteiger partial charge in [0.2, 0.25) is 0 Å². The van der Waals surface area contributed by atoms with E-state index in [0.717, 1.165) is 24.6 Å². The highest BCUT2D eigenvalue weighted by Crippen LogP contribution is 2.05. The number of guanidine groups is 1. The van der Waals surface area contributed by atoms with Crippen molar-refractivity contribution in [3.05, 3.63) is 42.0 Å². The van der Waals surface area contributed by atoms with Crippen LogP contribution < -0.4 is 5.32 Å². The number of hydrogen-bond acceptors (Lipinski definition) is 2. The van der Waals surface area contributed by atoms with Crippen LogP contribution in [0.5, 0.6) is 0 Å². The van der Waals surface area contributed by atoms with Crippen LogP contribution in [0.4, 0.5) is 0 Å². The van der Waals surface area contributed by atoms with Crippen molar-refractivity contribution in [2.45, 2.75) is 20.0 Å². The fourth-order valence-corrected chi connectivity index (χ4v) is 2.17. The Morgan fingerprint density at radius 2 is 2.18 bits per heavy atom. The zero-order valence-electron chi connectivity index (χ0n) is 13.7. The molecule has 0 aliphatic rings. The Morgan fingerprint density at radius 1 is 1.41 bits per heavy atom. The van der Waals surface area contributed by atoms with Gasteiger partial charge in [-0.25, -0.2) is 4.99 Å². The second kappa shape index (κ2) is 8.82. The molecule has 22 heavy (non-hydrogen) atoms. The fraction of sp³-hybridized carbons (Fsp3) is 0.467. The number of nitrogens with one attached hydrogen (secondary N) is 1. The molecule has 0 saturated carbocycles. The van der Waals surface area contributed by atoms with Gasteiger partial charge in [-0.1, -0.05) is 0 Å². The smallest absolute Gasteiger partial charge is 0.194 e. The molecule has 2 rings (SSSR count). The van der Waals surface area contributed by atoms with Crippen molar-refractivity contribution in [3.63, 3.8) is 0 Å². The maximum Gasteiger partial charge on any atom is 0.194 e. The van der Waals surface area contributed by atoms with Gasteiger partial charge in [-0.15, -0.1) is 24.0 Å². The van der Waals surface area contributed by atoms with E-state index >= 15 is 0 Å². The molecule has 1 N–H and O–H groups in total. The van der Waals surface area contributed by atoms with Crippen molar-refractivity contribution in [1.82, 2.24) is 24.6 Å². The third-order valence-electron chi connectivity index (χ3n) is 3.32. The number of hydrogen-bond donors (Lipinski definition) is 1. The lowest BCUT2D eigenvalue weighted by atomic mass is 10.3. The molecule has 6 nitrogen and oxygen atoms in total. The number of aromatic nitrogens is 3. The highest BCUT2D eigenvalue weighted by molar-refractivity contribution is 14.0. The lowest BCUT2D eigenvalue weighted by molar-refractivity contribution is 0.462. The molecule has 0 atom stereocenters. The van der Waals surface area contributed by atoms with Crippen LogP contribution in [0.3, 0.4) is 0 Å². The Morgan fingerprint density at radius 3 is 2.73 bits per heavy atom. The first-order valence-electron chi connectivity index (χ1n) is 7.17. The molecule has 0 unspecified atom stereocenters. The quantitative estimate of drug-likeness (QED) is 0.461. The summed E-state index contributed by atoms with van der Waals surface area (Å²) in [5.41, 5.74) is 2.37. The maximum absolute atomic E-state index is 4.68. The van der Waals surface area contributed by atoms with Crippen molar-refractivity contribution in [2.24, 2.45) is 19.1 Å². The minimum atomic E-state index is 0. The van der Waals surface area contributed by atoms with Crippen LogP contribution in [0.2, 0.25) is 0 Å². The van der Waals surface area contributed by atoms with E-state index in [0.29, 0.717) is 6.54 Å². The standard InChI is InChI=1S/C15H24N6.HI/c1-5-16-15(17-9-13-10-18-21(4)11-13)20(3)12-14-7-6-8-19(14)2;/h6-8,10-11H,5,9,12H2,1-4H3,(H,16,17);1H. The summed E-state index contributed by atoms with van der Waals surface area (Å²) in [4.78, 5) is 6.81. The van der Waals surface area contributed by atoms with Gasteiger partial charge in [-0.2, -0.15) is 5.10 Å². The molecule has 2 heterocycles. The van der Waals surface area contributed by atoms with E-state index in [1.165, 1.54) is 5.69 Å². The third kappa shape index (κ3) is 5.04. The lowest BCUT2D eigenvalue weighted by Gasteiger charge is -2.22. The van der Waals surface area contributed by atoms with Gasteiger partial charge in [0, 0.05) is 51.3 Å². The predicted octanol–water partition coefficient (Wildman–Crippen LogP) is 1.97. The second-order valence-corrected chi connectivity index (χ2v) is 5.16. The molecule has 0 fully saturated rings. The average molecular weight is 416 g/mol. The van der Waals surface area contributed by atoms with E-state index < -0.39 is 0 Å². The molecule has 0 bridgehead atoms. The zero-order chi connectivity index (χ0) is 15.2. The second-order valence-electron chi connectivity index (χ2n) is 5.16. The van der Waals surface area contributed by atoms with Crippen molar-refractivity contribution < 1.29 is 0 Å². The molecule has 7 heteroatoms. The van der Waals surface area contributed by atoms with E-state index in [2.05, 4.69) is 64.2 Å². The van der Waals surface area contributed by atoms with Crippen LogP contribution in [-0.2, 0) is 27.2 Å². The van der Waals surface area contributed by atoms with Gasteiger partial charge in [0.05, 0.1) is 19.3 Å². The monoisotopic (exact) mass is 416 g/mol. The molecule has 0 aliphatic heterocycles. The Balaban J connectivity index is 0.00000242. The van der Waals surface area contributed by atoms with Gasteiger partial charge < -0.3 is 14.8 Å². The highest BCUT2D eigenvalue weighted by atomic mass is 127. The molecule has 0 aromatic carbocycles. The van der Waals surface area contributed by atoms with E-state index in [1.54, 1.807) is 4.68 Å². The van der Waals surface area contributed by atoms with Crippen LogP contribution in [0.1, 0.15) is 18.2 Å². The third-order valence-corrected chi connectivity index (χ3v) is 3.32. The van der Waals surface area contributed by atoms with Crippen LogP contribution in [0.15, 0.2) is 35.7 Å². The highest BCUT2D eigenvalue weighted by Gasteiger charge is 2.08. The van der Waals surface area contributed by atoms with E-state index in [9.17, 15) is 0 Å². The van der Waals surface area contributed by atoms with Crippen molar-refractivity contribution in [2.75, 3.05) is 13.6 Å². The van der Waals surface area contributed by atoms with E-state index in [-0.39, 0.29) is 24.0 Å². The Bertz CT molecular complexity index is 601. The Kier molecular flexibility index (Phi) is 7.43. The molecule has 0 aliphatic carbocycles. The molecule has 0 spiro atoms. The molecular formula is C15H25IN6. The zero-order valence-corrected chi connectivity index (χ0v) is 16.0. The number of rotatable bonds is 5. The molecule has 2 aromatic rings. The van der Waals surface area contributed by atoms with Crippen molar-refractivity contribution >= 4 is 29.9 Å². The Hall–Kier alpha value is -1.51. The van der Waals surface area contributed by atoms with Crippen LogP contribution in [0.25, 0.3) is 0 Å². The summed E-state index contributed by atoms with van der Waals surface area (Å²) >= 11 is 0. The lowest BCUT2D eigenvalue weighted by Crippen LogP contribution is -2.38. The number of halogens is 1. The summed E-state index contributed by atoms with van der Waals surface area (Å²) in [5.74, 6) is 0.905. The van der Waals surface area contributed by atoms with Crippen LogP contribution >= 0.6 is 24.0 Å². The first kappa shape index (κ1) is 18.5. The molecular weight excluding hydrogens is 391 g/mol. The summed E-state index contributed by atoms with van der Waals surface area (Å²) in [5, 5.41) is 7.50. The normalized spacial score (nSPS) is 11.2. The first-order valence-corrected chi connectivity index (χ1v) is 7.17. The van der Waals surface area contributed by atoms with Crippen LogP contribution in [-0.4, -0.2) is 38.8 Å². The number of nitrogens with zero attached hydrogens (tertiary/aromatic N) is 5. The molecule has 0 amide bonds. The Labute approximate surface area is 149 Å². The van der Waals surface area contributed by atoms with Crippen molar-refractivity contribution in [3.8, 4) is 0 Å². The molecule has 0 radical (unpaired) electrons. The largest absolute Gasteiger partial charge is 0.357 e. The van der Waals surface area contributed by atoms with Gasteiger partial charge in [0.25, 0.3) is 0 Å². The minimum Gasteiger partial charge on any atom is -0.357 e. The van der Waals surface area contributed by atoms with Gasteiger partial charge in [-0.05, 0) is 19.1 Å². The van der Waals surface area contributed by atoms with Gasteiger partial charge in [-0.3, -0.25) is 4.68 Å². The number of aliphatic imine (C=N–C) groups is 1. The van der Waals surface area contributed by atoms with E-state index in [1.807, 2.05) is 19.4 Å². The van der Waals surface area contributed by atoms with Gasteiger partial charge >= 0.3 is 0 Å². The average Bonchev–Trinajstić information content (AvgIpc) is 3.04. The predicted molar refractivity (Wildman–Crippen MR) is 100 cm³/mol. The molecule has 0 saturated heterocycles. The topological polar surface area (TPSA) is 50.4 Å². The summed E-state index contributed by atoms with van der Waals surface area (Å²) < 4.78 is 3.92. The summed E-state index contributed by atoms with van der Waals surface area (Å²) in [6, 6.07) is 4.18. The SMILES string of the molecule is CCNC(=NCc1cnn(C)c1)N(C)Cc1cccn1C.I. The minimum absolute atomic E-state index is 0. The van der Waals surface area contributed by atoms with Gasteiger partial charge in [0.15, 0.2) is 5.96 Å². The van der Waals surface area contributed by atoms with Crippen molar-refractivity contribution in [1.29, 1.82) is 0 Å². The van der Waals surface area contributed by atoms with Gasteiger partial charge in [0.1, 0.15) is 0 Å².